The molecule has 8 heteroatoms. The third-order valence-corrected chi connectivity index (χ3v) is 10.7. The molecule has 8 bridgehead atoms. The summed E-state index contributed by atoms with van der Waals surface area (Å²) in [4.78, 5) is 51.7. The molecule has 2 aliphatic heterocycles. The molecule has 31 heavy (non-hydrogen) atoms. The Balaban J connectivity index is 1.49. The van der Waals surface area contributed by atoms with Crippen molar-refractivity contribution in [2.75, 3.05) is 14.2 Å². The summed E-state index contributed by atoms with van der Waals surface area (Å²) >= 11 is 0. The van der Waals surface area contributed by atoms with Gasteiger partial charge in [0.1, 0.15) is 11.2 Å². The monoisotopic (exact) mass is 430 g/mol. The Morgan fingerprint density at radius 1 is 0.806 bits per heavy atom. The van der Waals surface area contributed by atoms with E-state index in [-0.39, 0.29) is 59.4 Å². The van der Waals surface area contributed by atoms with Crippen LogP contribution in [-0.2, 0) is 38.1 Å². The Labute approximate surface area is 179 Å². The second-order valence-electron chi connectivity index (χ2n) is 11.0. The predicted molar refractivity (Wildman–Crippen MR) is 99.8 cm³/mol. The molecule has 10 atom stereocenters. The molecule has 2 saturated heterocycles. The van der Waals surface area contributed by atoms with Gasteiger partial charge in [0.15, 0.2) is 0 Å². The molecule has 0 aromatic heterocycles. The van der Waals surface area contributed by atoms with Crippen molar-refractivity contribution in [1.82, 2.24) is 0 Å². The van der Waals surface area contributed by atoms with Gasteiger partial charge in [-0.3, -0.25) is 19.2 Å². The number of carbonyl (C=O) groups excluding carboxylic acids is 4. The van der Waals surface area contributed by atoms with E-state index in [1.807, 2.05) is 0 Å². The van der Waals surface area contributed by atoms with Gasteiger partial charge in [0.2, 0.25) is 0 Å². The zero-order chi connectivity index (χ0) is 21.6. The van der Waals surface area contributed by atoms with Crippen LogP contribution in [0.15, 0.2) is 0 Å². The van der Waals surface area contributed by atoms with Crippen molar-refractivity contribution in [2.24, 2.45) is 46.3 Å². The molecule has 2 heterocycles. The van der Waals surface area contributed by atoms with Crippen LogP contribution in [0.5, 0.6) is 0 Å². The normalized spacial score (nSPS) is 56.6. The van der Waals surface area contributed by atoms with Crippen molar-refractivity contribution in [1.29, 1.82) is 0 Å². The number of ether oxygens (including phenoxy) is 4. The minimum absolute atomic E-state index is 0.0369. The first-order valence-corrected chi connectivity index (χ1v) is 11.4. The van der Waals surface area contributed by atoms with Crippen molar-refractivity contribution in [3.05, 3.63) is 0 Å². The zero-order valence-electron chi connectivity index (χ0n) is 17.7. The molecule has 8 aliphatic rings. The van der Waals surface area contributed by atoms with E-state index >= 15 is 0 Å². The SMILES string of the molecule is COC(=O)[C@@]12C[C@@]3(C(=O)OC)[C@@H]4C[C@]5(CCC(=O)O5)[C@H]1[C@H]4[C@@H]1[C@@H]3[C@@]3(CCC(=O)O3)C[C@@H]12. The van der Waals surface area contributed by atoms with Gasteiger partial charge in [0, 0.05) is 24.7 Å². The van der Waals surface area contributed by atoms with E-state index < -0.39 is 22.0 Å². The van der Waals surface area contributed by atoms with Gasteiger partial charge < -0.3 is 18.9 Å². The molecule has 0 aromatic rings. The van der Waals surface area contributed by atoms with Crippen LogP contribution in [0.3, 0.4) is 0 Å². The Morgan fingerprint density at radius 3 is 1.55 bits per heavy atom. The van der Waals surface area contributed by atoms with Gasteiger partial charge in [-0.1, -0.05) is 0 Å². The van der Waals surface area contributed by atoms with Gasteiger partial charge in [-0.2, -0.15) is 0 Å². The molecule has 8 nitrogen and oxygen atoms in total. The van der Waals surface area contributed by atoms with Crippen LogP contribution in [-0.4, -0.2) is 49.3 Å². The third-order valence-electron chi connectivity index (χ3n) is 10.7. The maximum atomic E-state index is 13.6. The number of carbonyl (C=O) groups is 4. The van der Waals surface area contributed by atoms with Crippen LogP contribution in [0, 0.1) is 46.3 Å². The van der Waals surface area contributed by atoms with Crippen molar-refractivity contribution in [2.45, 2.75) is 56.1 Å². The fraction of sp³-hybridized carbons (Fsp3) is 0.826. The molecular formula is C23H26O8. The lowest BCUT2D eigenvalue weighted by Crippen LogP contribution is -2.58. The standard InChI is InChI=1S/C23H26O8/c1-28-18(26)22-9-23(19(27)29-2)11-8-20(5-3-12(24)30-20)16(22)15(11)14-10(22)7-21(17(14)23)6-4-13(25)31-21/h10-11,14-17H,3-9H2,1-2H3/t10-,11+,14-,15-,16-,17-,20-,21-,22-,23-/m1/s1. The Hall–Kier alpha value is -2.12. The van der Waals surface area contributed by atoms with E-state index in [1.165, 1.54) is 14.2 Å². The molecule has 6 saturated carbocycles. The first-order chi connectivity index (χ1) is 14.8. The fourth-order valence-electron chi connectivity index (χ4n) is 10.6. The van der Waals surface area contributed by atoms with Gasteiger partial charge >= 0.3 is 23.9 Å². The third kappa shape index (κ3) is 1.60. The van der Waals surface area contributed by atoms with Crippen LogP contribution in [0.1, 0.15) is 44.9 Å². The van der Waals surface area contributed by atoms with Gasteiger partial charge in [-0.15, -0.1) is 0 Å². The van der Waals surface area contributed by atoms with Gasteiger partial charge in [-0.25, -0.2) is 0 Å². The predicted octanol–water partition coefficient (Wildman–Crippen LogP) is 1.39. The topological polar surface area (TPSA) is 105 Å². The summed E-state index contributed by atoms with van der Waals surface area (Å²) in [5.74, 6) is -1.28. The first-order valence-electron chi connectivity index (χ1n) is 11.4. The van der Waals surface area contributed by atoms with E-state index in [1.54, 1.807) is 0 Å². The van der Waals surface area contributed by atoms with Crippen LogP contribution >= 0.6 is 0 Å². The van der Waals surface area contributed by atoms with Gasteiger partial charge in [0.05, 0.1) is 25.0 Å². The summed E-state index contributed by atoms with van der Waals surface area (Å²) < 4.78 is 22.8. The molecule has 166 valence electrons. The maximum absolute atomic E-state index is 13.6. The highest BCUT2D eigenvalue weighted by Gasteiger charge is 2.94. The van der Waals surface area contributed by atoms with Gasteiger partial charge in [0.25, 0.3) is 0 Å². The molecule has 2 spiro atoms. The second kappa shape index (κ2) is 5.09. The zero-order valence-corrected chi connectivity index (χ0v) is 17.7. The number of hydrogen-bond acceptors (Lipinski definition) is 8. The summed E-state index contributed by atoms with van der Waals surface area (Å²) in [5, 5.41) is 0. The van der Waals surface area contributed by atoms with Crippen LogP contribution in [0.2, 0.25) is 0 Å². The summed E-state index contributed by atoms with van der Waals surface area (Å²) in [6.45, 7) is 0. The molecular weight excluding hydrogens is 404 g/mol. The van der Waals surface area contributed by atoms with Crippen molar-refractivity contribution < 1.29 is 38.1 Å². The highest BCUT2D eigenvalue weighted by Crippen LogP contribution is 2.90. The number of rotatable bonds is 2. The van der Waals surface area contributed by atoms with Crippen molar-refractivity contribution in [3.8, 4) is 0 Å². The minimum atomic E-state index is -0.912. The van der Waals surface area contributed by atoms with Gasteiger partial charge in [-0.05, 0) is 55.8 Å². The molecule has 6 aliphatic carbocycles. The highest BCUT2D eigenvalue weighted by atomic mass is 16.6. The molecule has 0 radical (unpaired) electrons. The molecule has 0 aromatic carbocycles. The Morgan fingerprint density at radius 2 is 1.23 bits per heavy atom. The van der Waals surface area contributed by atoms with E-state index in [0.29, 0.717) is 44.9 Å². The average molecular weight is 430 g/mol. The summed E-state index contributed by atoms with van der Waals surface area (Å²) in [5.41, 5.74) is -3.23. The van der Waals surface area contributed by atoms with Crippen molar-refractivity contribution >= 4 is 23.9 Å². The molecule has 0 unspecified atom stereocenters. The van der Waals surface area contributed by atoms with Crippen LogP contribution in [0.4, 0.5) is 0 Å². The largest absolute Gasteiger partial charge is 0.469 e. The number of methoxy groups -OCH3 is 2. The highest BCUT2D eigenvalue weighted by molar-refractivity contribution is 5.87. The fourth-order valence-corrected chi connectivity index (χ4v) is 10.6. The summed E-state index contributed by atoms with van der Waals surface area (Å²) in [6, 6.07) is 0. The molecule has 8 rings (SSSR count). The first kappa shape index (κ1) is 18.5. The quantitative estimate of drug-likeness (QED) is 0.478. The van der Waals surface area contributed by atoms with E-state index in [9.17, 15) is 19.2 Å². The van der Waals surface area contributed by atoms with E-state index in [4.69, 9.17) is 18.9 Å². The lowest BCUT2D eigenvalue weighted by Gasteiger charge is -2.50. The van der Waals surface area contributed by atoms with Crippen molar-refractivity contribution in [3.63, 3.8) is 0 Å². The Bertz CT molecular complexity index is 899. The lowest BCUT2D eigenvalue weighted by molar-refractivity contribution is -0.189. The van der Waals surface area contributed by atoms with E-state index in [0.717, 1.165) is 0 Å². The minimum Gasteiger partial charge on any atom is -0.469 e. The average Bonchev–Trinajstić information content (AvgIpc) is 3.52. The molecule has 8 fully saturated rings. The molecule has 0 N–H and O–H groups in total. The smallest absolute Gasteiger partial charge is 0.312 e. The maximum Gasteiger partial charge on any atom is 0.312 e. The molecule has 0 amide bonds. The Kier molecular flexibility index (Phi) is 3.03. The van der Waals surface area contributed by atoms with Crippen LogP contribution in [0.25, 0.3) is 0 Å². The summed E-state index contributed by atoms with van der Waals surface area (Å²) in [7, 11) is 2.79. The van der Waals surface area contributed by atoms with Crippen LogP contribution < -0.4 is 0 Å². The number of esters is 4. The summed E-state index contributed by atoms with van der Waals surface area (Å²) in [6.07, 6.45) is 3.36. The number of hydrogen-bond donors (Lipinski definition) is 0. The lowest BCUT2D eigenvalue weighted by atomic mass is 9.52. The van der Waals surface area contributed by atoms with E-state index in [2.05, 4.69) is 0 Å². The second-order valence-corrected chi connectivity index (χ2v) is 11.0.